The third kappa shape index (κ3) is 1.43. The number of rotatable bonds is 2. The molecule has 4 heteroatoms. The van der Waals surface area contributed by atoms with Crippen molar-refractivity contribution in [3.63, 3.8) is 0 Å². The smallest absolute Gasteiger partial charge is 0.231 e. The van der Waals surface area contributed by atoms with E-state index in [0.717, 1.165) is 5.89 Å². The Bertz CT molecular complexity index is 595. The Morgan fingerprint density at radius 1 is 1.22 bits per heavy atom. The van der Waals surface area contributed by atoms with Gasteiger partial charge in [-0.1, -0.05) is 24.3 Å². The standard InChI is InChI=1S/C14H13ClN2O/c15-7-11-16-17-14(18-11)13-10-6-5-8-3-1-2-4-9(8)12(10)13/h1-4,10,12-13H,5-7H2. The van der Waals surface area contributed by atoms with Gasteiger partial charge in [0.25, 0.3) is 0 Å². The largest absolute Gasteiger partial charge is 0.424 e. The minimum Gasteiger partial charge on any atom is -0.424 e. The highest BCUT2D eigenvalue weighted by atomic mass is 35.5. The summed E-state index contributed by atoms with van der Waals surface area (Å²) in [5.74, 6) is 3.28. The molecule has 1 heterocycles. The number of fused-ring (bicyclic) bond motifs is 3. The molecule has 2 aromatic rings. The number of benzene rings is 1. The number of alkyl halides is 1. The SMILES string of the molecule is ClCc1nnc(C2C3CCc4ccccc4C32)o1. The Hall–Kier alpha value is -1.35. The predicted molar refractivity (Wildman–Crippen MR) is 67.6 cm³/mol. The number of aromatic nitrogens is 2. The third-order valence-corrected chi connectivity index (χ3v) is 4.44. The van der Waals surface area contributed by atoms with Crippen molar-refractivity contribution in [3.8, 4) is 0 Å². The first-order valence-corrected chi connectivity index (χ1v) is 6.88. The van der Waals surface area contributed by atoms with Crippen molar-refractivity contribution in [2.45, 2.75) is 30.6 Å². The molecule has 3 unspecified atom stereocenters. The summed E-state index contributed by atoms with van der Waals surface area (Å²) in [6.45, 7) is 0. The number of aryl methyl sites for hydroxylation is 1. The molecule has 0 amide bonds. The van der Waals surface area contributed by atoms with Gasteiger partial charge in [-0.05, 0) is 35.8 Å². The van der Waals surface area contributed by atoms with Crippen LogP contribution in [-0.4, -0.2) is 10.2 Å². The zero-order valence-electron chi connectivity index (χ0n) is 9.84. The van der Waals surface area contributed by atoms with Crippen LogP contribution in [0.3, 0.4) is 0 Å². The fraction of sp³-hybridized carbons (Fsp3) is 0.429. The highest BCUT2D eigenvalue weighted by Gasteiger charge is 2.56. The summed E-state index contributed by atoms with van der Waals surface area (Å²) in [4.78, 5) is 0. The Labute approximate surface area is 110 Å². The Morgan fingerprint density at radius 2 is 2.11 bits per heavy atom. The molecule has 0 N–H and O–H groups in total. The maximum atomic E-state index is 5.70. The van der Waals surface area contributed by atoms with E-state index in [2.05, 4.69) is 34.5 Å². The van der Waals surface area contributed by atoms with Crippen molar-refractivity contribution < 1.29 is 4.42 Å². The van der Waals surface area contributed by atoms with Gasteiger partial charge in [-0.25, -0.2) is 0 Å². The van der Waals surface area contributed by atoms with E-state index in [1.807, 2.05) is 0 Å². The predicted octanol–water partition coefficient (Wildman–Crippen LogP) is 3.25. The van der Waals surface area contributed by atoms with Crippen LogP contribution in [0.1, 0.15) is 41.2 Å². The molecule has 0 spiro atoms. The Balaban J connectivity index is 1.68. The van der Waals surface area contributed by atoms with Gasteiger partial charge in [0.1, 0.15) is 5.88 Å². The average molecular weight is 261 g/mol. The van der Waals surface area contributed by atoms with E-state index in [-0.39, 0.29) is 0 Å². The van der Waals surface area contributed by atoms with Crippen LogP contribution in [-0.2, 0) is 12.3 Å². The first-order chi connectivity index (χ1) is 8.88. The molecule has 0 bridgehead atoms. The second-order valence-electron chi connectivity index (χ2n) is 5.12. The molecule has 1 saturated carbocycles. The van der Waals surface area contributed by atoms with E-state index in [0.29, 0.717) is 29.5 Å². The van der Waals surface area contributed by atoms with Crippen molar-refractivity contribution >= 4 is 11.6 Å². The molecule has 1 aromatic heterocycles. The van der Waals surface area contributed by atoms with Gasteiger partial charge in [0.15, 0.2) is 0 Å². The molecular weight excluding hydrogens is 248 g/mol. The van der Waals surface area contributed by atoms with Crippen molar-refractivity contribution in [2.24, 2.45) is 5.92 Å². The lowest BCUT2D eigenvalue weighted by Crippen LogP contribution is -2.00. The summed E-state index contributed by atoms with van der Waals surface area (Å²) in [5, 5.41) is 8.11. The van der Waals surface area contributed by atoms with Crippen molar-refractivity contribution in [3.05, 3.63) is 47.2 Å². The zero-order valence-corrected chi connectivity index (χ0v) is 10.6. The van der Waals surface area contributed by atoms with Gasteiger partial charge < -0.3 is 4.42 Å². The van der Waals surface area contributed by atoms with Gasteiger partial charge >= 0.3 is 0 Å². The summed E-state index contributed by atoms with van der Waals surface area (Å²) in [6.07, 6.45) is 2.40. The van der Waals surface area contributed by atoms with Crippen LogP contribution in [0.5, 0.6) is 0 Å². The highest BCUT2D eigenvalue weighted by molar-refractivity contribution is 6.16. The summed E-state index contributed by atoms with van der Waals surface area (Å²) >= 11 is 5.70. The van der Waals surface area contributed by atoms with Crippen LogP contribution in [0.15, 0.2) is 28.7 Å². The number of halogens is 1. The second-order valence-corrected chi connectivity index (χ2v) is 5.39. The van der Waals surface area contributed by atoms with Gasteiger partial charge in [-0.3, -0.25) is 0 Å². The van der Waals surface area contributed by atoms with Crippen molar-refractivity contribution in [1.82, 2.24) is 10.2 Å². The van der Waals surface area contributed by atoms with Gasteiger partial charge in [0.05, 0.1) is 0 Å². The number of nitrogens with zero attached hydrogens (tertiary/aromatic N) is 2. The van der Waals surface area contributed by atoms with Crippen molar-refractivity contribution in [1.29, 1.82) is 0 Å². The first-order valence-electron chi connectivity index (χ1n) is 6.34. The van der Waals surface area contributed by atoms with Crippen LogP contribution in [0.2, 0.25) is 0 Å². The summed E-state index contributed by atoms with van der Waals surface area (Å²) in [5.41, 5.74) is 2.96. The first kappa shape index (κ1) is 10.6. The lowest BCUT2D eigenvalue weighted by Gasteiger charge is -2.13. The summed E-state index contributed by atoms with van der Waals surface area (Å²) in [7, 11) is 0. The Morgan fingerprint density at radius 3 is 2.94 bits per heavy atom. The van der Waals surface area contributed by atoms with Gasteiger partial charge in [0, 0.05) is 5.92 Å². The minimum absolute atomic E-state index is 0.297. The number of hydrogen-bond acceptors (Lipinski definition) is 3. The van der Waals surface area contributed by atoms with Crippen LogP contribution in [0.4, 0.5) is 0 Å². The molecule has 1 fully saturated rings. The minimum atomic E-state index is 0.297. The molecule has 3 nitrogen and oxygen atoms in total. The molecule has 0 saturated heterocycles. The molecule has 92 valence electrons. The maximum absolute atomic E-state index is 5.70. The molecule has 18 heavy (non-hydrogen) atoms. The molecule has 4 rings (SSSR count). The molecule has 0 radical (unpaired) electrons. The molecular formula is C14H13ClN2O. The molecule has 3 atom stereocenters. The lowest BCUT2D eigenvalue weighted by molar-refractivity contribution is 0.456. The normalized spacial score (nSPS) is 28.6. The third-order valence-electron chi connectivity index (χ3n) is 4.21. The van der Waals surface area contributed by atoms with E-state index in [1.165, 1.54) is 24.0 Å². The quantitative estimate of drug-likeness (QED) is 0.778. The summed E-state index contributed by atoms with van der Waals surface area (Å²) in [6, 6.07) is 8.72. The monoisotopic (exact) mass is 260 g/mol. The molecule has 0 aliphatic heterocycles. The molecule has 2 aliphatic rings. The summed E-state index contributed by atoms with van der Waals surface area (Å²) < 4.78 is 5.61. The second kappa shape index (κ2) is 3.82. The molecule has 1 aromatic carbocycles. The van der Waals surface area contributed by atoms with E-state index in [1.54, 1.807) is 0 Å². The fourth-order valence-corrected chi connectivity index (χ4v) is 3.47. The molecule has 2 aliphatic carbocycles. The van der Waals surface area contributed by atoms with Gasteiger partial charge in [0.2, 0.25) is 11.8 Å². The van der Waals surface area contributed by atoms with E-state index >= 15 is 0 Å². The van der Waals surface area contributed by atoms with E-state index in [9.17, 15) is 0 Å². The van der Waals surface area contributed by atoms with Crippen LogP contribution < -0.4 is 0 Å². The topological polar surface area (TPSA) is 38.9 Å². The van der Waals surface area contributed by atoms with Crippen LogP contribution in [0, 0.1) is 5.92 Å². The Kier molecular flexibility index (Phi) is 2.24. The highest BCUT2D eigenvalue weighted by Crippen LogP contribution is 2.64. The van der Waals surface area contributed by atoms with Crippen molar-refractivity contribution in [2.75, 3.05) is 0 Å². The van der Waals surface area contributed by atoms with Crippen LogP contribution in [0.25, 0.3) is 0 Å². The van der Waals surface area contributed by atoms with Crippen LogP contribution >= 0.6 is 11.6 Å². The average Bonchev–Trinajstić information content (AvgIpc) is 2.98. The number of hydrogen-bond donors (Lipinski definition) is 0. The van der Waals surface area contributed by atoms with Gasteiger partial charge in [-0.2, -0.15) is 0 Å². The zero-order chi connectivity index (χ0) is 12.1. The maximum Gasteiger partial charge on any atom is 0.231 e. The van der Waals surface area contributed by atoms with Gasteiger partial charge in [-0.15, -0.1) is 21.8 Å². The van der Waals surface area contributed by atoms with E-state index in [4.69, 9.17) is 16.0 Å². The lowest BCUT2D eigenvalue weighted by atomic mass is 9.92. The van der Waals surface area contributed by atoms with E-state index < -0.39 is 0 Å². The fourth-order valence-electron chi connectivity index (χ4n) is 3.36.